The molecule has 0 aromatic heterocycles. The molecule has 4 atom stereocenters. The van der Waals surface area contributed by atoms with Crippen molar-refractivity contribution in [2.24, 2.45) is 28.6 Å². The third-order valence-electron chi connectivity index (χ3n) is 4.85. The van der Waals surface area contributed by atoms with E-state index in [1.165, 1.54) is 7.11 Å². The van der Waals surface area contributed by atoms with E-state index in [0.29, 0.717) is 19.3 Å². The van der Waals surface area contributed by atoms with E-state index in [9.17, 15) is 14.0 Å². The number of carbonyl (C=O) groups excluding carboxylic acids is 2. The van der Waals surface area contributed by atoms with E-state index in [2.05, 4.69) is 5.16 Å². The Bertz CT molecular complexity index is 469. The first-order valence-electron chi connectivity index (χ1n) is 8.29. The van der Waals surface area contributed by atoms with Crippen molar-refractivity contribution < 1.29 is 23.6 Å². The zero-order chi connectivity index (χ0) is 16.8. The largest absolute Gasteiger partial charge is 0.469 e. The van der Waals surface area contributed by atoms with Gasteiger partial charge >= 0.3 is 11.9 Å². The molecule has 2 saturated carbocycles. The number of halogens is 1. The number of carbonyl (C=O) groups is 2. The first kappa shape index (κ1) is 17.7. The Labute approximate surface area is 135 Å². The van der Waals surface area contributed by atoms with E-state index < -0.39 is 18.1 Å². The second kappa shape index (κ2) is 8.26. The van der Waals surface area contributed by atoms with Gasteiger partial charge in [-0.1, -0.05) is 24.4 Å². The fraction of sp³-hybridized carbons (Fsp3) is 0.812. The Balaban J connectivity index is 1.88. The van der Waals surface area contributed by atoms with Crippen LogP contribution in [0.3, 0.4) is 0 Å². The van der Waals surface area contributed by atoms with Crippen molar-refractivity contribution in [2.45, 2.75) is 57.5 Å². The van der Waals surface area contributed by atoms with Gasteiger partial charge in [-0.15, -0.1) is 0 Å². The van der Waals surface area contributed by atoms with Crippen molar-refractivity contribution in [1.29, 1.82) is 0 Å². The number of esters is 1. The smallest absolute Gasteiger partial charge is 0.341 e. The van der Waals surface area contributed by atoms with Crippen LogP contribution in [-0.4, -0.2) is 31.1 Å². The third-order valence-corrected chi connectivity index (χ3v) is 4.85. The molecule has 0 bridgehead atoms. The minimum atomic E-state index is -1.16. The fourth-order valence-corrected chi connectivity index (χ4v) is 3.43. The molecule has 0 saturated heterocycles. The van der Waals surface area contributed by atoms with Crippen molar-refractivity contribution in [1.82, 2.24) is 0 Å². The van der Waals surface area contributed by atoms with Crippen LogP contribution in [0.5, 0.6) is 0 Å². The van der Waals surface area contributed by atoms with Crippen LogP contribution < -0.4 is 5.73 Å². The number of methoxy groups -OCH3 is 1. The molecule has 6 nitrogen and oxygen atoms in total. The number of alkyl halides is 1. The molecule has 2 aliphatic rings. The molecular formula is C16H25FN2O4. The van der Waals surface area contributed by atoms with E-state index in [0.717, 1.165) is 32.1 Å². The molecule has 7 heteroatoms. The van der Waals surface area contributed by atoms with Gasteiger partial charge in [0.05, 0.1) is 18.9 Å². The minimum Gasteiger partial charge on any atom is -0.469 e. The van der Waals surface area contributed by atoms with Crippen LogP contribution in [0, 0.1) is 17.8 Å². The third kappa shape index (κ3) is 4.65. The SMILES string of the molecule is COC(=O)C1CCCC(/C(N)=N/OC(=O)C2CCCCC2F)C1. The van der Waals surface area contributed by atoms with E-state index in [-0.39, 0.29) is 23.6 Å². The molecular weight excluding hydrogens is 303 g/mol. The lowest BCUT2D eigenvalue weighted by Crippen LogP contribution is -2.33. The lowest BCUT2D eigenvalue weighted by atomic mass is 9.81. The van der Waals surface area contributed by atoms with Crippen molar-refractivity contribution >= 4 is 17.8 Å². The van der Waals surface area contributed by atoms with Gasteiger partial charge in [0, 0.05) is 5.92 Å². The Morgan fingerprint density at radius 3 is 2.43 bits per heavy atom. The molecule has 0 aromatic carbocycles. The second-order valence-electron chi connectivity index (χ2n) is 6.42. The average Bonchev–Trinajstić information content (AvgIpc) is 2.59. The van der Waals surface area contributed by atoms with Crippen molar-refractivity contribution in [3.8, 4) is 0 Å². The highest BCUT2D eigenvalue weighted by molar-refractivity contribution is 5.84. The standard InChI is InChI=1S/C16H25FN2O4/c1-22-15(20)11-6-4-5-10(9-11)14(18)19-23-16(21)12-7-2-3-8-13(12)17/h10-13H,2-9H2,1H3,(H2,18,19). The molecule has 4 unspecified atom stereocenters. The van der Waals surface area contributed by atoms with Gasteiger partial charge in [-0.2, -0.15) is 0 Å². The van der Waals surface area contributed by atoms with E-state index >= 15 is 0 Å². The summed E-state index contributed by atoms with van der Waals surface area (Å²) in [5.74, 6) is -1.76. The molecule has 23 heavy (non-hydrogen) atoms. The Hall–Kier alpha value is -1.66. The summed E-state index contributed by atoms with van der Waals surface area (Å²) in [4.78, 5) is 28.4. The van der Waals surface area contributed by atoms with Crippen molar-refractivity contribution in [2.75, 3.05) is 7.11 Å². The van der Waals surface area contributed by atoms with Gasteiger partial charge in [-0.05, 0) is 32.1 Å². The molecule has 2 N–H and O–H groups in total. The highest BCUT2D eigenvalue weighted by atomic mass is 19.1. The number of rotatable bonds is 4. The Morgan fingerprint density at radius 1 is 1.04 bits per heavy atom. The van der Waals surface area contributed by atoms with Gasteiger partial charge in [0.2, 0.25) is 0 Å². The monoisotopic (exact) mass is 328 g/mol. The summed E-state index contributed by atoms with van der Waals surface area (Å²) < 4.78 is 18.5. The number of hydrogen-bond donors (Lipinski definition) is 1. The predicted octanol–water partition coefficient (Wildman–Crippen LogP) is 2.31. The van der Waals surface area contributed by atoms with Gasteiger partial charge in [-0.3, -0.25) is 4.79 Å². The summed E-state index contributed by atoms with van der Waals surface area (Å²) >= 11 is 0. The normalized spacial score (nSPS) is 32.2. The number of amidine groups is 1. The quantitative estimate of drug-likeness (QED) is 0.281. The molecule has 0 aromatic rings. The average molecular weight is 328 g/mol. The number of ether oxygens (including phenoxy) is 1. The number of hydrogen-bond acceptors (Lipinski definition) is 5. The maximum Gasteiger partial charge on any atom is 0.341 e. The number of oxime groups is 1. The molecule has 130 valence electrons. The first-order valence-corrected chi connectivity index (χ1v) is 8.29. The summed E-state index contributed by atoms with van der Waals surface area (Å²) in [6, 6.07) is 0. The summed E-state index contributed by atoms with van der Waals surface area (Å²) in [5.41, 5.74) is 5.89. The summed E-state index contributed by atoms with van der Waals surface area (Å²) in [7, 11) is 1.36. The maximum atomic E-state index is 13.7. The number of nitrogens with two attached hydrogens (primary N) is 1. The zero-order valence-corrected chi connectivity index (χ0v) is 13.5. The van der Waals surface area contributed by atoms with Crippen LogP contribution in [0.2, 0.25) is 0 Å². The van der Waals surface area contributed by atoms with Crippen molar-refractivity contribution in [3.63, 3.8) is 0 Å². The van der Waals surface area contributed by atoms with Crippen LogP contribution in [0.25, 0.3) is 0 Å². The summed E-state index contributed by atoms with van der Waals surface area (Å²) in [6.45, 7) is 0. The lowest BCUT2D eigenvalue weighted by Gasteiger charge is -2.26. The predicted molar refractivity (Wildman–Crippen MR) is 82.0 cm³/mol. The van der Waals surface area contributed by atoms with Gasteiger partial charge < -0.3 is 15.3 Å². The van der Waals surface area contributed by atoms with Gasteiger partial charge in [0.25, 0.3) is 0 Å². The van der Waals surface area contributed by atoms with Crippen molar-refractivity contribution in [3.05, 3.63) is 0 Å². The van der Waals surface area contributed by atoms with Crippen LogP contribution in [-0.2, 0) is 19.2 Å². The molecule has 0 radical (unpaired) electrons. The van der Waals surface area contributed by atoms with E-state index in [1.807, 2.05) is 0 Å². The van der Waals surface area contributed by atoms with Gasteiger partial charge in [0.1, 0.15) is 12.0 Å². The maximum absolute atomic E-state index is 13.7. The zero-order valence-electron chi connectivity index (χ0n) is 13.5. The van der Waals surface area contributed by atoms with Crippen LogP contribution in [0.1, 0.15) is 51.4 Å². The highest BCUT2D eigenvalue weighted by Gasteiger charge is 2.33. The molecule has 0 heterocycles. The molecule has 0 amide bonds. The van der Waals surface area contributed by atoms with Crippen LogP contribution in [0.15, 0.2) is 5.16 Å². The molecule has 0 spiro atoms. The fourth-order valence-electron chi connectivity index (χ4n) is 3.43. The Morgan fingerprint density at radius 2 is 1.74 bits per heavy atom. The lowest BCUT2D eigenvalue weighted by molar-refractivity contribution is -0.152. The second-order valence-corrected chi connectivity index (χ2v) is 6.42. The topological polar surface area (TPSA) is 91.0 Å². The molecule has 2 aliphatic carbocycles. The van der Waals surface area contributed by atoms with Gasteiger partial charge in [0.15, 0.2) is 0 Å². The minimum absolute atomic E-state index is 0.117. The highest BCUT2D eigenvalue weighted by Crippen LogP contribution is 2.31. The molecule has 2 rings (SSSR count). The molecule has 2 fully saturated rings. The first-order chi connectivity index (χ1) is 11.0. The summed E-state index contributed by atoms with van der Waals surface area (Å²) in [5, 5.41) is 3.70. The number of nitrogens with zero attached hydrogens (tertiary/aromatic N) is 1. The van der Waals surface area contributed by atoms with Crippen LogP contribution >= 0.6 is 0 Å². The molecule has 0 aliphatic heterocycles. The Kier molecular flexibility index (Phi) is 6.36. The van der Waals surface area contributed by atoms with E-state index in [4.69, 9.17) is 15.3 Å². The van der Waals surface area contributed by atoms with E-state index in [1.54, 1.807) is 0 Å². The summed E-state index contributed by atoms with van der Waals surface area (Å²) in [6.07, 6.45) is 4.27. The van der Waals surface area contributed by atoms with Crippen LogP contribution in [0.4, 0.5) is 4.39 Å². The van der Waals surface area contributed by atoms with Gasteiger partial charge in [-0.25, -0.2) is 9.18 Å².